The van der Waals surface area contributed by atoms with E-state index in [9.17, 15) is 8.42 Å². The molecule has 0 spiro atoms. The minimum Gasteiger partial charge on any atom is -0.463 e. The molecule has 0 bridgehead atoms. The van der Waals surface area contributed by atoms with Crippen LogP contribution in [0.15, 0.2) is 29.8 Å². The zero-order valence-corrected chi connectivity index (χ0v) is 15.8. The van der Waals surface area contributed by atoms with Crippen molar-refractivity contribution < 1.29 is 13.2 Å². The first-order valence-corrected chi connectivity index (χ1v) is 10.2. The third-order valence-electron chi connectivity index (χ3n) is 5.56. The Kier molecular flexibility index (Phi) is 4.23. The Morgan fingerprint density at radius 1 is 1.38 bits per heavy atom. The molecule has 26 heavy (non-hydrogen) atoms. The lowest BCUT2D eigenvalue weighted by Gasteiger charge is -2.28. The average molecular weight is 377 g/mol. The zero-order valence-electron chi connectivity index (χ0n) is 15.0. The van der Waals surface area contributed by atoms with Crippen LogP contribution in [0.25, 0.3) is 0 Å². The maximum absolute atomic E-state index is 12.9. The van der Waals surface area contributed by atoms with Crippen LogP contribution in [0, 0.1) is 18.3 Å². The molecule has 2 aromatic heterocycles. The third-order valence-corrected chi connectivity index (χ3v) is 7.25. The van der Waals surface area contributed by atoms with Crippen LogP contribution in [-0.4, -0.2) is 51.9 Å². The molecule has 1 aliphatic carbocycles. The van der Waals surface area contributed by atoms with E-state index in [2.05, 4.69) is 15.0 Å². The third kappa shape index (κ3) is 2.99. The first kappa shape index (κ1) is 17.4. The number of imidazole rings is 1. The van der Waals surface area contributed by atoms with E-state index in [1.54, 1.807) is 28.3 Å². The Bertz CT molecular complexity index is 913. The van der Waals surface area contributed by atoms with Crippen molar-refractivity contribution in [3.8, 4) is 6.01 Å². The monoisotopic (exact) mass is 377 g/mol. The van der Waals surface area contributed by atoms with Gasteiger partial charge in [0.2, 0.25) is 0 Å². The summed E-state index contributed by atoms with van der Waals surface area (Å²) in [6.45, 7) is 3.32. The largest absolute Gasteiger partial charge is 0.463 e. The van der Waals surface area contributed by atoms with Gasteiger partial charge in [0.1, 0.15) is 0 Å². The fraction of sp³-hybridized carbons (Fsp3) is 0.588. The molecule has 4 rings (SSSR count). The molecule has 0 amide bonds. The van der Waals surface area contributed by atoms with Gasteiger partial charge in [-0.15, -0.1) is 0 Å². The molecule has 2 unspecified atom stereocenters. The molecule has 2 aromatic rings. The fourth-order valence-corrected chi connectivity index (χ4v) is 5.69. The van der Waals surface area contributed by atoms with Crippen molar-refractivity contribution in [2.24, 2.45) is 18.4 Å². The van der Waals surface area contributed by atoms with Crippen LogP contribution in [-0.2, 0) is 17.1 Å². The van der Waals surface area contributed by atoms with Gasteiger partial charge < -0.3 is 9.30 Å². The van der Waals surface area contributed by atoms with Crippen molar-refractivity contribution in [3.05, 3.63) is 30.5 Å². The number of rotatable bonds is 5. The first-order chi connectivity index (χ1) is 12.4. The van der Waals surface area contributed by atoms with Gasteiger partial charge in [-0.1, -0.05) is 6.42 Å². The van der Waals surface area contributed by atoms with E-state index in [0.717, 1.165) is 25.0 Å². The number of hydrogen-bond donors (Lipinski definition) is 0. The van der Waals surface area contributed by atoms with E-state index in [0.29, 0.717) is 31.6 Å². The number of nitrogens with zero attached hydrogens (tertiary/aromatic N) is 5. The number of hydrogen-bond acceptors (Lipinski definition) is 6. The highest BCUT2D eigenvalue weighted by molar-refractivity contribution is 7.89. The molecule has 1 aliphatic heterocycles. The number of aryl methyl sites for hydroxylation is 2. The maximum atomic E-state index is 12.9. The summed E-state index contributed by atoms with van der Waals surface area (Å²) in [5.74, 6) is 0.297. The fourth-order valence-electron chi connectivity index (χ4n) is 4.14. The normalized spacial score (nSPS) is 26.2. The standard InChI is InChI=1S/C17H23N5O3S/c1-13-5-7-18-16(20-13)25-11-17-6-3-4-14(17)8-22(10-17)26(23,24)15-9-21(2)12-19-15/h5,7,9,12,14H,3-4,6,8,10-11H2,1-2H3. The summed E-state index contributed by atoms with van der Waals surface area (Å²) in [7, 11) is -1.81. The molecule has 1 saturated heterocycles. The molecule has 8 nitrogen and oxygen atoms in total. The van der Waals surface area contributed by atoms with Gasteiger partial charge in [0.15, 0.2) is 5.03 Å². The molecule has 0 radical (unpaired) electrons. The molecule has 2 atom stereocenters. The molecule has 1 saturated carbocycles. The lowest BCUT2D eigenvalue weighted by molar-refractivity contribution is 0.125. The molecular formula is C17H23N5O3S. The number of ether oxygens (including phenoxy) is 1. The van der Waals surface area contributed by atoms with Gasteiger partial charge in [0, 0.05) is 43.6 Å². The predicted molar refractivity (Wildman–Crippen MR) is 94.0 cm³/mol. The van der Waals surface area contributed by atoms with Crippen LogP contribution in [0.1, 0.15) is 25.0 Å². The van der Waals surface area contributed by atoms with Crippen LogP contribution >= 0.6 is 0 Å². The van der Waals surface area contributed by atoms with Gasteiger partial charge in [0.05, 0.1) is 12.9 Å². The van der Waals surface area contributed by atoms with Crippen LogP contribution in [0.3, 0.4) is 0 Å². The highest BCUT2D eigenvalue weighted by Gasteiger charge is 2.53. The Labute approximate surface area is 153 Å². The molecule has 3 heterocycles. The van der Waals surface area contributed by atoms with Gasteiger partial charge in [0.25, 0.3) is 10.0 Å². The Balaban J connectivity index is 1.53. The topological polar surface area (TPSA) is 90.2 Å². The lowest BCUT2D eigenvalue weighted by atomic mass is 9.82. The zero-order chi connectivity index (χ0) is 18.4. The average Bonchev–Trinajstić information content (AvgIpc) is 3.27. The Morgan fingerprint density at radius 2 is 2.23 bits per heavy atom. The minimum absolute atomic E-state index is 0.109. The van der Waals surface area contributed by atoms with Crippen molar-refractivity contribution in [1.82, 2.24) is 23.8 Å². The molecule has 2 fully saturated rings. The molecule has 0 N–H and O–H groups in total. The van der Waals surface area contributed by atoms with E-state index < -0.39 is 10.0 Å². The summed E-state index contributed by atoms with van der Waals surface area (Å²) in [4.78, 5) is 12.5. The van der Waals surface area contributed by atoms with E-state index >= 15 is 0 Å². The van der Waals surface area contributed by atoms with Crippen LogP contribution in [0.4, 0.5) is 0 Å². The molecule has 0 aromatic carbocycles. The smallest absolute Gasteiger partial charge is 0.316 e. The van der Waals surface area contributed by atoms with Gasteiger partial charge in [-0.25, -0.2) is 23.4 Å². The lowest BCUT2D eigenvalue weighted by Crippen LogP contribution is -2.36. The van der Waals surface area contributed by atoms with Crippen molar-refractivity contribution in [1.29, 1.82) is 0 Å². The number of aromatic nitrogens is 4. The van der Waals surface area contributed by atoms with Crippen molar-refractivity contribution >= 4 is 10.0 Å². The molecular weight excluding hydrogens is 354 g/mol. The quantitative estimate of drug-likeness (QED) is 0.782. The van der Waals surface area contributed by atoms with Crippen molar-refractivity contribution in [2.75, 3.05) is 19.7 Å². The Morgan fingerprint density at radius 3 is 2.96 bits per heavy atom. The summed E-state index contributed by atoms with van der Waals surface area (Å²) >= 11 is 0. The number of sulfonamides is 1. The second-order valence-corrected chi connectivity index (χ2v) is 9.28. The minimum atomic E-state index is -3.57. The molecule has 2 aliphatic rings. The summed E-state index contributed by atoms with van der Waals surface area (Å²) < 4.78 is 35.0. The highest BCUT2D eigenvalue weighted by Crippen LogP contribution is 2.49. The predicted octanol–water partition coefficient (Wildman–Crippen LogP) is 1.39. The SMILES string of the molecule is Cc1ccnc(OCC23CCCC2CN(S(=O)(=O)c2cn(C)cn2)C3)n1. The summed E-state index contributed by atoms with van der Waals surface area (Å²) in [5.41, 5.74) is 0.677. The van der Waals surface area contributed by atoms with Crippen LogP contribution in [0.2, 0.25) is 0 Å². The van der Waals surface area contributed by atoms with Crippen molar-refractivity contribution in [2.45, 2.75) is 31.2 Å². The summed E-state index contributed by atoms with van der Waals surface area (Å²) in [5, 5.41) is 0.109. The second kappa shape index (κ2) is 6.31. The maximum Gasteiger partial charge on any atom is 0.316 e. The summed E-state index contributed by atoms with van der Waals surface area (Å²) in [6, 6.07) is 2.18. The van der Waals surface area contributed by atoms with Crippen LogP contribution < -0.4 is 4.74 Å². The van der Waals surface area contributed by atoms with Gasteiger partial charge in [-0.2, -0.15) is 4.31 Å². The molecule has 140 valence electrons. The first-order valence-electron chi connectivity index (χ1n) is 8.80. The van der Waals surface area contributed by atoms with E-state index in [1.165, 1.54) is 6.33 Å². The van der Waals surface area contributed by atoms with Crippen molar-refractivity contribution in [3.63, 3.8) is 0 Å². The molecule has 9 heteroatoms. The van der Waals surface area contributed by atoms with E-state index in [1.807, 2.05) is 13.0 Å². The van der Waals surface area contributed by atoms with E-state index in [-0.39, 0.29) is 10.4 Å². The van der Waals surface area contributed by atoms with Crippen LogP contribution in [0.5, 0.6) is 6.01 Å². The van der Waals surface area contributed by atoms with Gasteiger partial charge >= 0.3 is 6.01 Å². The van der Waals surface area contributed by atoms with Gasteiger partial charge in [-0.3, -0.25) is 0 Å². The van der Waals surface area contributed by atoms with E-state index in [4.69, 9.17) is 4.74 Å². The van der Waals surface area contributed by atoms with Gasteiger partial charge in [-0.05, 0) is 31.7 Å². The second-order valence-electron chi connectivity index (χ2n) is 7.40. The highest BCUT2D eigenvalue weighted by atomic mass is 32.2. The Hall–Kier alpha value is -2.00. The summed E-state index contributed by atoms with van der Waals surface area (Å²) in [6.07, 6.45) is 7.81. The number of fused-ring (bicyclic) bond motifs is 1.